The van der Waals surface area contributed by atoms with E-state index < -0.39 is 0 Å². The van der Waals surface area contributed by atoms with Crippen molar-refractivity contribution in [3.8, 4) is 22.9 Å². The lowest BCUT2D eigenvalue weighted by Gasteiger charge is -2.34. The van der Waals surface area contributed by atoms with Gasteiger partial charge >= 0.3 is 6.01 Å². The number of anilines is 1. The lowest BCUT2D eigenvalue weighted by Crippen LogP contribution is -2.51. The molecule has 7 nitrogen and oxygen atoms in total. The van der Waals surface area contributed by atoms with Gasteiger partial charge in [0.15, 0.2) is 0 Å². The van der Waals surface area contributed by atoms with Crippen LogP contribution in [0.15, 0.2) is 54.6 Å². The van der Waals surface area contributed by atoms with Crippen molar-refractivity contribution in [1.82, 2.24) is 20.2 Å². The molecule has 0 aliphatic carbocycles. The van der Waals surface area contributed by atoms with Gasteiger partial charge in [-0.05, 0) is 73.8 Å². The third-order valence-corrected chi connectivity index (χ3v) is 8.44. The van der Waals surface area contributed by atoms with Crippen LogP contribution in [-0.2, 0) is 0 Å². The molecule has 2 bridgehead atoms. The Bertz CT molecular complexity index is 1460. The Morgan fingerprint density at radius 3 is 2.62 bits per heavy atom. The number of nitrogens with zero attached hydrogens (tertiary/aromatic N) is 4. The second-order valence-electron chi connectivity index (χ2n) is 10.9. The summed E-state index contributed by atoms with van der Waals surface area (Å²) in [5, 5.41) is 17.7. The molecule has 1 aromatic heterocycles. The van der Waals surface area contributed by atoms with E-state index in [0.29, 0.717) is 30.7 Å². The molecule has 0 amide bonds. The molecule has 3 atom stereocenters. The smallest absolute Gasteiger partial charge is 0.319 e. The number of phenols is 1. The molecule has 0 radical (unpaired) electrons. The molecule has 3 aromatic carbocycles. The highest BCUT2D eigenvalue weighted by Gasteiger charge is 2.34. The summed E-state index contributed by atoms with van der Waals surface area (Å²) >= 11 is 0. The zero-order valence-electron chi connectivity index (χ0n) is 21.2. The Balaban J connectivity index is 1.32. The molecule has 4 heterocycles. The molecular formula is C30H33N5O2. The first kappa shape index (κ1) is 22.8. The minimum absolute atomic E-state index is 0.270. The van der Waals surface area contributed by atoms with Gasteiger partial charge in [-0.15, -0.1) is 0 Å². The summed E-state index contributed by atoms with van der Waals surface area (Å²) in [7, 11) is 2.16. The normalized spacial score (nSPS) is 23.8. The number of likely N-dealkylation sites (N-methyl/N-ethyl adjacent to an activating group) is 1. The van der Waals surface area contributed by atoms with E-state index in [9.17, 15) is 5.11 Å². The van der Waals surface area contributed by atoms with Gasteiger partial charge < -0.3 is 25.0 Å². The van der Waals surface area contributed by atoms with E-state index in [2.05, 4.69) is 52.5 Å². The Hall–Kier alpha value is -3.42. The molecule has 4 aromatic rings. The standard InChI is InChI=1S/C30H33N5O2/c1-34-14-4-6-23(34)18-37-30-32-26-15-20(28-24-7-3-2-5-19(24)9-13-27(28)36)8-12-25(26)29(33-30)35-16-21-10-11-22(17-35)31-21/h2-3,5,7-9,12-13,15,21-23,31,36H,4,6,10-11,14,16-18H2,1H3/t21?,22?,23-/m0/s1. The second kappa shape index (κ2) is 9.15. The van der Waals surface area contributed by atoms with Gasteiger partial charge in [-0.2, -0.15) is 9.97 Å². The van der Waals surface area contributed by atoms with Gasteiger partial charge in [0.25, 0.3) is 0 Å². The molecule has 0 saturated carbocycles. The van der Waals surface area contributed by atoms with Crippen LogP contribution in [-0.4, -0.2) is 71.4 Å². The van der Waals surface area contributed by atoms with Crippen LogP contribution in [0.25, 0.3) is 32.8 Å². The van der Waals surface area contributed by atoms with E-state index in [1.54, 1.807) is 6.07 Å². The van der Waals surface area contributed by atoms with E-state index in [-0.39, 0.29) is 5.75 Å². The second-order valence-corrected chi connectivity index (χ2v) is 10.9. The number of phenolic OH excluding ortho intramolecular Hbond substituents is 1. The van der Waals surface area contributed by atoms with Crippen molar-refractivity contribution in [3.63, 3.8) is 0 Å². The Kier molecular flexibility index (Phi) is 5.63. The summed E-state index contributed by atoms with van der Waals surface area (Å²) in [6.07, 6.45) is 4.77. The highest BCUT2D eigenvalue weighted by Crippen LogP contribution is 2.39. The predicted octanol–water partition coefficient (Wildman–Crippen LogP) is 4.57. The average Bonchev–Trinajstić information content (AvgIpc) is 3.49. The third-order valence-electron chi connectivity index (χ3n) is 8.44. The van der Waals surface area contributed by atoms with Crippen molar-refractivity contribution in [2.45, 2.75) is 43.8 Å². The molecule has 0 spiro atoms. The van der Waals surface area contributed by atoms with E-state index in [1.165, 1.54) is 19.3 Å². The molecule has 7 rings (SSSR count). The number of hydrogen-bond acceptors (Lipinski definition) is 7. The van der Waals surface area contributed by atoms with E-state index in [1.807, 2.05) is 18.2 Å². The minimum Gasteiger partial charge on any atom is -0.507 e. The van der Waals surface area contributed by atoms with Crippen molar-refractivity contribution >= 4 is 27.5 Å². The van der Waals surface area contributed by atoms with Crippen molar-refractivity contribution < 1.29 is 9.84 Å². The van der Waals surface area contributed by atoms with E-state index in [0.717, 1.165) is 64.7 Å². The van der Waals surface area contributed by atoms with Gasteiger partial charge in [-0.3, -0.25) is 0 Å². The first-order chi connectivity index (χ1) is 18.1. The van der Waals surface area contributed by atoms with Gasteiger partial charge in [0, 0.05) is 42.2 Å². The van der Waals surface area contributed by atoms with Crippen LogP contribution in [0.1, 0.15) is 25.7 Å². The molecule has 7 heteroatoms. The van der Waals surface area contributed by atoms with Crippen LogP contribution in [0.5, 0.6) is 11.8 Å². The highest BCUT2D eigenvalue weighted by atomic mass is 16.5. The van der Waals surface area contributed by atoms with Gasteiger partial charge in [-0.25, -0.2) is 0 Å². The monoisotopic (exact) mass is 495 g/mol. The lowest BCUT2D eigenvalue weighted by atomic mass is 9.96. The number of rotatable bonds is 5. The van der Waals surface area contributed by atoms with Gasteiger partial charge in [0.05, 0.1) is 5.52 Å². The molecule has 190 valence electrons. The Labute approximate surface area is 217 Å². The fraction of sp³-hybridized carbons (Fsp3) is 0.400. The molecule has 2 unspecified atom stereocenters. The number of fused-ring (bicyclic) bond motifs is 4. The van der Waals surface area contributed by atoms with E-state index in [4.69, 9.17) is 14.7 Å². The summed E-state index contributed by atoms with van der Waals surface area (Å²) < 4.78 is 6.25. The van der Waals surface area contributed by atoms with E-state index >= 15 is 0 Å². The van der Waals surface area contributed by atoms with Crippen molar-refractivity contribution in [2.24, 2.45) is 0 Å². The average molecular weight is 496 g/mol. The summed E-state index contributed by atoms with van der Waals surface area (Å²) in [5.74, 6) is 1.22. The number of nitrogens with one attached hydrogen (secondary N) is 1. The number of benzene rings is 3. The topological polar surface area (TPSA) is 73.8 Å². The predicted molar refractivity (Wildman–Crippen MR) is 147 cm³/mol. The number of aromatic hydroxyl groups is 1. The number of ether oxygens (including phenoxy) is 1. The number of aromatic nitrogens is 2. The highest BCUT2D eigenvalue weighted by molar-refractivity contribution is 6.02. The maximum atomic E-state index is 10.9. The molecule has 3 saturated heterocycles. The van der Waals surface area contributed by atoms with Gasteiger partial charge in [-0.1, -0.05) is 36.4 Å². The first-order valence-corrected chi connectivity index (χ1v) is 13.5. The van der Waals surface area contributed by atoms with Crippen LogP contribution < -0.4 is 15.0 Å². The Morgan fingerprint density at radius 2 is 1.81 bits per heavy atom. The molecule has 3 fully saturated rings. The summed E-state index contributed by atoms with van der Waals surface area (Å²) in [4.78, 5) is 14.6. The molecule has 3 aliphatic heterocycles. The van der Waals surface area contributed by atoms with Crippen LogP contribution in [0.2, 0.25) is 0 Å². The third kappa shape index (κ3) is 4.16. The fourth-order valence-corrected chi connectivity index (χ4v) is 6.45. The number of hydrogen-bond donors (Lipinski definition) is 2. The Morgan fingerprint density at radius 1 is 0.973 bits per heavy atom. The van der Waals surface area contributed by atoms with Crippen LogP contribution in [0.4, 0.5) is 5.82 Å². The largest absolute Gasteiger partial charge is 0.507 e. The van der Waals surface area contributed by atoms with Crippen molar-refractivity contribution in [2.75, 3.05) is 38.2 Å². The van der Waals surface area contributed by atoms with Crippen LogP contribution in [0.3, 0.4) is 0 Å². The molecular weight excluding hydrogens is 462 g/mol. The zero-order chi connectivity index (χ0) is 24.9. The fourth-order valence-electron chi connectivity index (χ4n) is 6.45. The van der Waals surface area contributed by atoms with Crippen LogP contribution in [0, 0.1) is 0 Å². The lowest BCUT2D eigenvalue weighted by molar-refractivity contribution is 0.188. The maximum absolute atomic E-state index is 10.9. The molecule has 2 N–H and O–H groups in total. The van der Waals surface area contributed by atoms with Crippen molar-refractivity contribution in [1.29, 1.82) is 0 Å². The minimum atomic E-state index is 0.270. The maximum Gasteiger partial charge on any atom is 0.319 e. The van der Waals surface area contributed by atoms with Gasteiger partial charge in [0.2, 0.25) is 0 Å². The first-order valence-electron chi connectivity index (χ1n) is 13.5. The summed E-state index contributed by atoms with van der Waals surface area (Å²) in [6, 6.07) is 20.0. The van der Waals surface area contributed by atoms with Crippen molar-refractivity contribution in [3.05, 3.63) is 54.6 Å². The summed E-state index contributed by atoms with van der Waals surface area (Å²) in [6.45, 7) is 3.59. The molecule has 3 aliphatic rings. The molecule has 37 heavy (non-hydrogen) atoms. The SMILES string of the molecule is CN1CCC[C@H]1COc1nc(N2CC3CCC(C2)N3)c2ccc(-c3c(O)ccc4ccccc34)cc2n1. The number of likely N-dealkylation sites (tertiary alicyclic amines) is 1. The van der Waals surface area contributed by atoms with Crippen LogP contribution >= 0.6 is 0 Å². The summed E-state index contributed by atoms with van der Waals surface area (Å²) in [5.41, 5.74) is 2.61. The quantitative estimate of drug-likeness (QED) is 0.420. The van der Waals surface area contributed by atoms with Gasteiger partial charge in [0.1, 0.15) is 18.2 Å². The zero-order valence-corrected chi connectivity index (χ0v) is 21.2. The number of piperazine rings is 1.